The van der Waals surface area contributed by atoms with Gasteiger partial charge in [0.25, 0.3) is 10.0 Å². The summed E-state index contributed by atoms with van der Waals surface area (Å²) in [5.74, 6) is 0.731. The van der Waals surface area contributed by atoms with Gasteiger partial charge in [0, 0.05) is 6.04 Å². The molecule has 0 bridgehead atoms. The van der Waals surface area contributed by atoms with Crippen molar-refractivity contribution in [3.8, 4) is 5.75 Å². The van der Waals surface area contributed by atoms with Crippen molar-refractivity contribution < 1.29 is 13.2 Å². The zero-order chi connectivity index (χ0) is 19.3. The maximum atomic E-state index is 12.7. The van der Waals surface area contributed by atoms with E-state index in [0.717, 1.165) is 42.9 Å². The molecule has 1 aliphatic heterocycles. The molecule has 1 heterocycles. The standard InChI is InChI=1S/C20H27N3O3S/c1-3-26-20-9-6-17(14-19(20)22-16-10-12-21-13-11-16)23-27(24,25)18-7-4-15(2)5-8-18/h4-9,14,16,21-23H,3,10-13H2,1-2H3. The molecule has 7 heteroatoms. The minimum absolute atomic E-state index is 0.245. The molecule has 1 saturated heterocycles. The molecule has 6 nitrogen and oxygen atoms in total. The van der Waals surface area contributed by atoms with E-state index in [1.54, 1.807) is 42.5 Å². The third kappa shape index (κ3) is 5.14. The summed E-state index contributed by atoms with van der Waals surface area (Å²) >= 11 is 0. The van der Waals surface area contributed by atoms with Crippen LogP contribution >= 0.6 is 0 Å². The first-order chi connectivity index (χ1) is 13.0. The Balaban J connectivity index is 1.82. The molecule has 0 saturated carbocycles. The number of hydrogen-bond donors (Lipinski definition) is 3. The molecule has 2 aromatic rings. The first-order valence-electron chi connectivity index (χ1n) is 9.31. The van der Waals surface area contributed by atoms with E-state index in [9.17, 15) is 8.42 Å². The van der Waals surface area contributed by atoms with Crippen molar-refractivity contribution >= 4 is 21.4 Å². The summed E-state index contributed by atoms with van der Waals surface area (Å²) in [5, 5.41) is 6.85. The molecule has 0 unspecified atom stereocenters. The molecule has 3 rings (SSSR count). The summed E-state index contributed by atoms with van der Waals surface area (Å²) in [6, 6.07) is 12.5. The fourth-order valence-corrected chi connectivity index (χ4v) is 4.15. The Morgan fingerprint density at radius 2 is 1.81 bits per heavy atom. The minimum atomic E-state index is -3.63. The quantitative estimate of drug-likeness (QED) is 0.677. The van der Waals surface area contributed by atoms with Crippen LogP contribution in [0, 0.1) is 6.92 Å². The Kier molecular flexibility index (Phi) is 6.23. The monoisotopic (exact) mass is 389 g/mol. The zero-order valence-corrected chi connectivity index (χ0v) is 16.6. The highest BCUT2D eigenvalue weighted by molar-refractivity contribution is 7.92. The smallest absolute Gasteiger partial charge is 0.261 e. The highest BCUT2D eigenvalue weighted by Crippen LogP contribution is 2.31. The zero-order valence-electron chi connectivity index (χ0n) is 15.8. The molecule has 146 valence electrons. The van der Waals surface area contributed by atoms with E-state index < -0.39 is 10.0 Å². The summed E-state index contributed by atoms with van der Waals surface area (Å²) in [7, 11) is -3.63. The van der Waals surface area contributed by atoms with Crippen molar-refractivity contribution in [3.05, 3.63) is 48.0 Å². The van der Waals surface area contributed by atoms with Crippen molar-refractivity contribution in [1.29, 1.82) is 0 Å². The molecular weight excluding hydrogens is 362 g/mol. The summed E-state index contributed by atoms with van der Waals surface area (Å²) in [6.07, 6.45) is 2.04. The van der Waals surface area contributed by atoms with Gasteiger partial charge in [-0.3, -0.25) is 4.72 Å². The molecule has 1 fully saturated rings. The largest absolute Gasteiger partial charge is 0.492 e. The number of nitrogens with one attached hydrogen (secondary N) is 3. The van der Waals surface area contributed by atoms with Gasteiger partial charge in [0.05, 0.1) is 22.9 Å². The average molecular weight is 390 g/mol. The van der Waals surface area contributed by atoms with Crippen LogP contribution in [0.25, 0.3) is 0 Å². The predicted octanol–water partition coefficient (Wildman–Crippen LogP) is 3.36. The van der Waals surface area contributed by atoms with E-state index in [-0.39, 0.29) is 4.90 Å². The topological polar surface area (TPSA) is 79.5 Å². The van der Waals surface area contributed by atoms with E-state index >= 15 is 0 Å². The van der Waals surface area contributed by atoms with Crippen molar-refractivity contribution in [1.82, 2.24) is 5.32 Å². The number of benzene rings is 2. The average Bonchev–Trinajstić information content (AvgIpc) is 2.65. The molecule has 0 spiro atoms. The number of hydrogen-bond acceptors (Lipinski definition) is 5. The van der Waals surface area contributed by atoms with Crippen LogP contribution in [0.5, 0.6) is 5.75 Å². The van der Waals surface area contributed by atoms with Crippen LogP contribution in [-0.2, 0) is 10.0 Å². The van der Waals surface area contributed by atoms with Crippen molar-refractivity contribution in [2.75, 3.05) is 29.7 Å². The number of piperidine rings is 1. The van der Waals surface area contributed by atoms with Crippen molar-refractivity contribution in [3.63, 3.8) is 0 Å². The van der Waals surface area contributed by atoms with Crippen LogP contribution in [0.4, 0.5) is 11.4 Å². The van der Waals surface area contributed by atoms with Crippen LogP contribution in [0.3, 0.4) is 0 Å². The number of sulfonamides is 1. The molecule has 0 aliphatic carbocycles. The number of rotatable bonds is 7. The van der Waals surface area contributed by atoms with Crippen LogP contribution in [0.15, 0.2) is 47.4 Å². The van der Waals surface area contributed by atoms with E-state index in [0.29, 0.717) is 18.3 Å². The maximum Gasteiger partial charge on any atom is 0.261 e. The summed E-state index contributed by atoms with van der Waals surface area (Å²) in [5.41, 5.74) is 2.34. The van der Waals surface area contributed by atoms with Gasteiger partial charge in [-0.25, -0.2) is 8.42 Å². The lowest BCUT2D eigenvalue weighted by atomic mass is 10.1. The SMILES string of the molecule is CCOc1ccc(NS(=O)(=O)c2ccc(C)cc2)cc1NC1CCNCC1. The summed E-state index contributed by atoms with van der Waals surface area (Å²) < 4.78 is 33.7. The van der Waals surface area contributed by atoms with Gasteiger partial charge in [0.2, 0.25) is 0 Å². The van der Waals surface area contributed by atoms with E-state index in [1.165, 1.54) is 0 Å². The fraction of sp³-hybridized carbons (Fsp3) is 0.400. The van der Waals surface area contributed by atoms with Crippen LogP contribution in [0.2, 0.25) is 0 Å². The lowest BCUT2D eigenvalue weighted by Gasteiger charge is -2.26. The van der Waals surface area contributed by atoms with Gasteiger partial charge in [-0.2, -0.15) is 0 Å². The first-order valence-corrected chi connectivity index (χ1v) is 10.8. The Labute approximate surface area is 161 Å². The molecule has 0 aromatic heterocycles. The van der Waals surface area contributed by atoms with Crippen LogP contribution < -0.4 is 20.1 Å². The third-order valence-corrected chi connectivity index (χ3v) is 5.96. The lowest BCUT2D eigenvalue weighted by molar-refractivity contribution is 0.341. The van der Waals surface area contributed by atoms with Gasteiger partial charge in [0.1, 0.15) is 5.75 Å². The maximum absolute atomic E-state index is 12.7. The van der Waals surface area contributed by atoms with Gasteiger partial charge in [-0.05, 0) is 70.1 Å². The summed E-state index contributed by atoms with van der Waals surface area (Å²) in [4.78, 5) is 0.245. The fourth-order valence-electron chi connectivity index (χ4n) is 3.11. The van der Waals surface area contributed by atoms with E-state index in [2.05, 4.69) is 15.4 Å². The second kappa shape index (κ2) is 8.63. The molecule has 27 heavy (non-hydrogen) atoms. The number of anilines is 2. The van der Waals surface area contributed by atoms with E-state index in [4.69, 9.17) is 4.74 Å². The van der Waals surface area contributed by atoms with Gasteiger partial charge >= 0.3 is 0 Å². The molecule has 0 amide bonds. The molecule has 0 radical (unpaired) electrons. The molecule has 0 atom stereocenters. The Bertz CT molecular complexity index is 861. The van der Waals surface area contributed by atoms with Gasteiger partial charge in [0.15, 0.2) is 0 Å². The van der Waals surface area contributed by atoms with E-state index in [1.807, 2.05) is 13.8 Å². The number of aryl methyl sites for hydroxylation is 1. The second-order valence-corrected chi connectivity index (χ2v) is 8.41. The minimum Gasteiger partial charge on any atom is -0.492 e. The van der Waals surface area contributed by atoms with Gasteiger partial charge in [-0.1, -0.05) is 17.7 Å². The van der Waals surface area contributed by atoms with Gasteiger partial charge < -0.3 is 15.4 Å². The van der Waals surface area contributed by atoms with Gasteiger partial charge in [-0.15, -0.1) is 0 Å². The molecular formula is C20H27N3O3S. The predicted molar refractivity (Wildman–Crippen MR) is 109 cm³/mol. The normalized spacial score (nSPS) is 15.3. The Hall–Kier alpha value is -2.25. The second-order valence-electron chi connectivity index (χ2n) is 6.73. The summed E-state index contributed by atoms with van der Waals surface area (Å²) in [6.45, 7) is 6.36. The highest BCUT2D eigenvalue weighted by atomic mass is 32.2. The first kappa shape index (κ1) is 19.5. The van der Waals surface area contributed by atoms with Crippen LogP contribution in [0.1, 0.15) is 25.3 Å². The Morgan fingerprint density at radius 1 is 1.11 bits per heavy atom. The van der Waals surface area contributed by atoms with Crippen LogP contribution in [-0.4, -0.2) is 34.2 Å². The third-order valence-electron chi connectivity index (χ3n) is 4.56. The molecule has 1 aliphatic rings. The van der Waals surface area contributed by atoms with Crippen molar-refractivity contribution in [2.45, 2.75) is 37.6 Å². The number of ether oxygens (including phenoxy) is 1. The van der Waals surface area contributed by atoms with Crippen molar-refractivity contribution in [2.24, 2.45) is 0 Å². The Morgan fingerprint density at radius 3 is 2.48 bits per heavy atom. The lowest BCUT2D eigenvalue weighted by Crippen LogP contribution is -2.35. The molecule has 2 aromatic carbocycles. The molecule has 3 N–H and O–H groups in total. The highest BCUT2D eigenvalue weighted by Gasteiger charge is 2.18.